The summed E-state index contributed by atoms with van der Waals surface area (Å²) in [6.07, 6.45) is 2.97. The lowest BCUT2D eigenvalue weighted by Gasteiger charge is -2.36. The number of hydrogen-bond donors (Lipinski definition) is 1. The van der Waals surface area contributed by atoms with Crippen molar-refractivity contribution in [1.82, 2.24) is 10.2 Å². The predicted molar refractivity (Wildman–Crippen MR) is 103 cm³/mol. The summed E-state index contributed by atoms with van der Waals surface area (Å²) in [6.45, 7) is 0. The van der Waals surface area contributed by atoms with E-state index in [4.69, 9.17) is 17.0 Å². The summed E-state index contributed by atoms with van der Waals surface area (Å²) in [5, 5.41) is 3.21. The fraction of sp³-hybridized carbons (Fsp3) is 0.529. The van der Waals surface area contributed by atoms with E-state index < -0.39 is 10.5 Å². The number of rotatable bonds is 5. The van der Waals surface area contributed by atoms with E-state index >= 15 is 0 Å². The third-order valence-electron chi connectivity index (χ3n) is 4.43. The lowest BCUT2D eigenvalue weighted by Crippen LogP contribution is -2.51. The van der Waals surface area contributed by atoms with Gasteiger partial charge >= 0.3 is 10.5 Å². The van der Waals surface area contributed by atoms with Gasteiger partial charge in [0.1, 0.15) is 5.75 Å². The zero-order valence-electron chi connectivity index (χ0n) is 14.8. The van der Waals surface area contributed by atoms with Crippen LogP contribution in [-0.2, 0) is 21.7 Å². The van der Waals surface area contributed by atoms with E-state index in [2.05, 4.69) is 9.68 Å². The van der Waals surface area contributed by atoms with Gasteiger partial charge < -0.3 is 10.1 Å². The molecule has 1 aliphatic rings. The van der Waals surface area contributed by atoms with Gasteiger partial charge in [-0.2, -0.15) is 12.8 Å². The second-order valence-electron chi connectivity index (χ2n) is 6.14. The van der Waals surface area contributed by atoms with Crippen molar-refractivity contribution in [2.45, 2.75) is 44.2 Å². The summed E-state index contributed by atoms with van der Waals surface area (Å²) in [5.74, 6) is 0.606. The van der Waals surface area contributed by atoms with Crippen LogP contribution in [0.5, 0.6) is 5.75 Å². The van der Waals surface area contributed by atoms with E-state index in [1.807, 2.05) is 24.3 Å². The number of amides is 1. The number of nitrogens with zero attached hydrogens (tertiary/aromatic N) is 2. The van der Waals surface area contributed by atoms with E-state index in [0.29, 0.717) is 18.0 Å². The Morgan fingerprint density at radius 2 is 2.04 bits per heavy atom. The van der Waals surface area contributed by atoms with Gasteiger partial charge in [-0.05, 0) is 55.6 Å². The van der Waals surface area contributed by atoms with Gasteiger partial charge in [0.2, 0.25) is 5.91 Å². The van der Waals surface area contributed by atoms with E-state index in [-0.39, 0.29) is 24.4 Å². The van der Waals surface area contributed by atoms with Gasteiger partial charge in [-0.25, -0.2) is 0 Å². The first-order chi connectivity index (χ1) is 12.4. The SMILES string of the molecule is CNC(=S)N(C(=O)Cc1ccc(OC)cc1)C1CCCC(N=S(=O)=O)C1. The Hall–Kier alpha value is -2.00. The highest BCUT2D eigenvalue weighted by Crippen LogP contribution is 2.26. The van der Waals surface area contributed by atoms with Crippen LogP contribution in [0.2, 0.25) is 0 Å². The van der Waals surface area contributed by atoms with Crippen molar-refractivity contribution >= 4 is 33.7 Å². The molecule has 2 atom stereocenters. The molecule has 0 heterocycles. The van der Waals surface area contributed by atoms with Crippen LogP contribution in [0.3, 0.4) is 0 Å². The molecule has 0 bridgehead atoms. The summed E-state index contributed by atoms with van der Waals surface area (Å²) >= 11 is 5.34. The summed E-state index contributed by atoms with van der Waals surface area (Å²) in [5.41, 5.74) is 0.859. The highest BCUT2D eigenvalue weighted by Gasteiger charge is 2.32. The van der Waals surface area contributed by atoms with Gasteiger partial charge in [0.25, 0.3) is 0 Å². The van der Waals surface area contributed by atoms with Gasteiger partial charge in [0.15, 0.2) is 5.11 Å². The standard InChI is InChI=1S/C17H23N3O4S2/c1-18-17(25)20(14-5-3-4-13(11-14)19-26(22)23)16(21)10-12-6-8-15(24-2)9-7-12/h6-9,13-14H,3-5,10-11H2,1-2H3,(H,18,25). The third-order valence-corrected chi connectivity index (χ3v) is 5.31. The minimum absolute atomic E-state index is 0.122. The molecule has 7 nitrogen and oxygen atoms in total. The zero-order valence-corrected chi connectivity index (χ0v) is 16.5. The maximum absolute atomic E-state index is 12.9. The number of thiocarbonyl (C=S) groups is 1. The van der Waals surface area contributed by atoms with Crippen molar-refractivity contribution in [3.8, 4) is 5.75 Å². The van der Waals surface area contributed by atoms with Gasteiger partial charge in [0.05, 0.1) is 19.6 Å². The molecule has 0 radical (unpaired) electrons. The number of methoxy groups -OCH3 is 1. The third kappa shape index (κ3) is 5.50. The molecule has 1 N–H and O–H groups in total. The minimum Gasteiger partial charge on any atom is -0.497 e. The van der Waals surface area contributed by atoms with Crippen LogP contribution in [0.4, 0.5) is 0 Å². The number of hydrogen-bond acceptors (Lipinski definition) is 6. The number of ether oxygens (including phenoxy) is 1. The van der Waals surface area contributed by atoms with Gasteiger partial charge in [-0.15, -0.1) is 0 Å². The second kappa shape index (κ2) is 9.63. The lowest BCUT2D eigenvalue weighted by molar-refractivity contribution is -0.128. The molecule has 1 amide bonds. The molecule has 0 spiro atoms. The molecule has 9 heteroatoms. The van der Waals surface area contributed by atoms with E-state index in [1.165, 1.54) is 0 Å². The lowest BCUT2D eigenvalue weighted by atomic mass is 9.90. The first-order valence-corrected chi connectivity index (χ1v) is 9.85. The van der Waals surface area contributed by atoms with Crippen LogP contribution < -0.4 is 10.1 Å². The smallest absolute Gasteiger partial charge is 0.311 e. The molecule has 2 unspecified atom stereocenters. The van der Waals surface area contributed by atoms with Crippen molar-refractivity contribution in [3.05, 3.63) is 29.8 Å². The Balaban J connectivity index is 2.16. The number of nitrogens with one attached hydrogen (secondary N) is 1. The highest BCUT2D eigenvalue weighted by atomic mass is 32.2. The quantitative estimate of drug-likeness (QED) is 0.764. The van der Waals surface area contributed by atoms with Crippen molar-refractivity contribution in [1.29, 1.82) is 0 Å². The Kier molecular flexibility index (Phi) is 7.52. The normalized spacial score (nSPS) is 19.3. The minimum atomic E-state index is -2.44. The molecule has 142 valence electrons. The molecule has 0 aliphatic heterocycles. The van der Waals surface area contributed by atoms with Crippen LogP contribution in [0, 0.1) is 0 Å². The summed E-state index contributed by atoms with van der Waals surface area (Å²) in [6, 6.07) is 6.84. The fourth-order valence-corrected chi connectivity index (χ4v) is 3.88. The molecule has 1 fully saturated rings. The van der Waals surface area contributed by atoms with E-state index in [0.717, 1.165) is 24.2 Å². The first kappa shape index (κ1) is 20.3. The summed E-state index contributed by atoms with van der Waals surface area (Å²) < 4.78 is 30.6. The van der Waals surface area contributed by atoms with Crippen LogP contribution in [0.1, 0.15) is 31.2 Å². The summed E-state index contributed by atoms with van der Waals surface area (Å²) in [4.78, 5) is 14.5. The topological polar surface area (TPSA) is 88.1 Å². The summed E-state index contributed by atoms with van der Waals surface area (Å²) in [7, 11) is 0.826. The first-order valence-electron chi connectivity index (χ1n) is 8.41. The van der Waals surface area contributed by atoms with Gasteiger partial charge in [-0.1, -0.05) is 12.1 Å². The average molecular weight is 398 g/mol. The maximum Gasteiger partial charge on any atom is 0.311 e. The Morgan fingerprint density at radius 1 is 1.35 bits per heavy atom. The van der Waals surface area contributed by atoms with Crippen LogP contribution in [-0.4, -0.2) is 50.6 Å². The van der Waals surface area contributed by atoms with Crippen LogP contribution >= 0.6 is 12.2 Å². The van der Waals surface area contributed by atoms with Gasteiger partial charge in [0, 0.05) is 13.1 Å². The Morgan fingerprint density at radius 3 is 2.62 bits per heavy atom. The molecule has 1 aliphatic carbocycles. The molecule has 1 aromatic rings. The van der Waals surface area contributed by atoms with Crippen molar-refractivity contribution in [2.24, 2.45) is 4.36 Å². The van der Waals surface area contributed by atoms with E-state index in [1.54, 1.807) is 19.1 Å². The monoisotopic (exact) mass is 397 g/mol. The Labute approximate surface area is 160 Å². The fourth-order valence-electron chi connectivity index (χ4n) is 3.20. The average Bonchev–Trinajstić information content (AvgIpc) is 2.62. The van der Waals surface area contributed by atoms with Crippen molar-refractivity contribution in [3.63, 3.8) is 0 Å². The predicted octanol–water partition coefficient (Wildman–Crippen LogP) is 1.94. The van der Waals surface area contributed by atoms with Crippen LogP contribution in [0.25, 0.3) is 0 Å². The molecule has 1 aromatic carbocycles. The largest absolute Gasteiger partial charge is 0.497 e. The molecular weight excluding hydrogens is 374 g/mol. The molecule has 2 rings (SSSR count). The second-order valence-corrected chi connectivity index (χ2v) is 7.17. The number of carbonyl (C=O) groups is 1. The van der Waals surface area contributed by atoms with Crippen molar-refractivity contribution in [2.75, 3.05) is 14.2 Å². The molecule has 26 heavy (non-hydrogen) atoms. The van der Waals surface area contributed by atoms with Gasteiger partial charge in [-0.3, -0.25) is 9.69 Å². The molecule has 0 aromatic heterocycles. The molecular formula is C17H23N3O4S2. The number of carbonyl (C=O) groups excluding carboxylic acids is 1. The molecule has 0 saturated heterocycles. The van der Waals surface area contributed by atoms with E-state index in [9.17, 15) is 13.2 Å². The molecule has 1 saturated carbocycles. The maximum atomic E-state index is 12.9. The van der Waals surface area contributed by atoms with Crippen LogP contribution in [0.15, 0.2) is 28.6 Å². The van der Waals surface area contributed by atoms with Crippen molar-refractivity contribution < 1.29 is 17.9 Å². The number of benzene rings is 1. The zero-order chi connectivity index (χ0) is 19.1. The Bertz CT molecular complexity index is 770. The highest BCUT2D eigenvalue weighted by molar-refractivity contribution is 7.80.